The summed E-state index contributed by atoms with van der Waals surface area (Å²) in [5, 5.41) is 14.2. The number of Topliss-reactive ketones (excluding diaryl/α,β-unsaturated/α-hetero) is 1. The Morgan fingerprint density at radius 1 is 1.43 bits per heavy atom. The van der Waals surface area contributed by atoms with Crippen molar-refractivity contribution >= 4 is 23.1 Å². The minimum absolute atomic E-state index is 0.118. The molecule has 0 radical (unpaired) electrons. The normalized spacial score (nSPS) is 24.2. The van der Waals surface area contributed by atoms with E-state index in [0.717, 1.165) is 16.1 Å². The van der Waals surface area contributed by atoms with Crippen LogP contribution in [0.4, 0.5) is 0 Å². The molecule has 1 atom stereocenters. The van der Waals surface area contributed by atoms with Gasteiger partial charge in [-0.15, -0.1) is 11.3 Å². The summed E-state index contributed by atoms with van der Waals surface area (Å²) < 4.78 is 0. The maximum absolute atomic E-state index is 12.6. The number of aliphatic carboxylic acids is 1. The summed E-state index contributed by atoms with van der Waals surface area (Å²) in [7, 11) is 0. The monoisotopic (exact) mass is 303 g/mol. The van der Waals surface area contributed by atoms with E-state index >= 15 is 0 Å². The Morgan fingerprint density at radius 3 is 2.81 bits per heavy atom. The molecule has 0 saturated carbocycles. The fourth-order valence-corrected chi connectivity index (χ4v) is 3.88. The van der Waals surface area contributed by atoms with Crippen LogP contribution in [0.5, 0.6) is 0 Å². The van der Waals surface area contributed by atoms with Gasteiger partial charge in [0.25, 0.3) is 0 Å². The molecular weight excluding hydrogens is 286 g/mol. The lowest BCUT2D eigenvalue weighted by atomic mass is 9.71. The van der Waals surface area contributed by atoms with Crippen molar-refractivity contribution < 1.29 is 14.7 Å². The molecule has 4 nitrogen and oxygen atoms in total. The summed E-state index contributed by atoms with van der Waals surface area (Å²) in [4.78, 5) is 24.9. The number of allylic oxidation sites excluding steroid dienone is 3. The molecule has 110 valence electrons. The molecule has 1 aliphatic heterocycles. The van der Waals surface area contributed by atoms with Gasteiger partial charge in [-0.1, -0.05) is 19.9 Å². The molecule has 21 heavy (non-hydrogen) atoms. The lowest BCUT2D eigenvalue weighted by molar-refractivity contribution is -0.133. The van der Waals surface area contributed by atoms with E-state index in [1.165, 1.54) is 0 Å². The molecular formula is C16H17NO3S. The molecule has 0 aromatic carbocycles. The molecule has 2 aliphatic rings. The smallest absolute Gasteiger partial charge is 0.351 e. The quantitative estimate of drug-likeness (QED) is 0.881. The molecule has 2 N–H and O–H groups in total. The zero-order valence-corrected chi connectivity index (χ0v) is 12.8. The van der Waals surface area contributed by atoms with Gasteiger partial charge in [0, 0.05) is 28.5 Å². The zero-order valence-electron chi connectivity index (χ0n) is 12.0. The predicted octanol–water partition coefficient (Wildman–Crippen LogP) is 3.05. The highest BCUT2D eigenvalue weighted by Crippen LogP contribution is 2.44. The Morgan fingerprint density at radius 2 is 2.19 bits per heavy atom. The van der Waals surface area contributed by atoms with Gasteiger partial charge >= 0.3 is 5.97 Å². The van der Waals surface area contributed by atoms with Crippen molar-refractivity contribution in [1.29, 1.82) is 0 Å². The first-order valence-corrected chi connectivity index (χ1v) is 7.77. The summed E-state index contributed by atoms with van der Waals surface area (Å²) in [5.74, 6) is -1.11. The van der Waals surface area contributed by atoms with Crippen LogP contribution >= 0.6 is 11.3 Å². The number of hydrogen-bond acceptors (Lipinski definition) is 4. The predicted molar refractivity (Wildman–Crippen MR) is 81.0 cm³/mol. The fourth-order valence-electron chi connectivity index (χ4n) is 3.08. The Labute approximate surface area is 127 Å². The van der Waals surface area contributed by atoms with Crippen molar-refractivity contribution in [1.82, 2.24) is 5.32 Å². The van der Waals surface area contributed by atoms with Gasteiger partial charge in [0.1, 0.15) is 5.70 Å². The Kier molecular flexibility index (Phi) is 3.24. The van der Waals surface area contributed by atoms with Crippen LogP contribution in [0, 0.1) is 5.41 Å². The molecule has 1 aromatic heterocycles. The zero-order chi connectivity index (χ0) is 15.2. The third-order valence-corrected chi connectivity index (χ3v) is 4.89. The van der Waals surface area contributed by atoms with Gasteiger partial charge in [-0.2, -0.15) is 0 Å². The number of nitrogens with one attached hydrogen (secondary N) is 1. The first-order valence-electron chi connectivity index (χ1n) is 6.89. The average molecular weight is 303 g/mol. The molecule has 1 aliphatic carbocycles. The van der Waals surface area contributed by atoms with Gasteiger partial charge < -0.3 is 10.4 Å². The lowest BCUT2D eigenvalue weighted by Crippen LogP contribution is -2.37. The van der Waals surface area contributed by atoms with E-state index < -0.39 is 5.97 Å². The number of ketones is 1. The van der Waals surface area contributed by atoms with Crippen molar-refractivity contribution in [3.8, 4) is 0 Å². The van der Waals surface area contributed by atoms with E-state index in [1.807, 2.05) is 31.4 Å². The fraction of sp³-hybridized carbons (Fsp3) is 0.375. The van der Waals surface area contributed by atoms with Crippen molar-refractivity contribution in [2.24, 2.45) is 5.41 Å². The van der Waals surface area contributed by atoms with E-state index in [2.05, 4.69) is 5.32 Å². The number of thiophene rings is 1. The van der Waals surface area contributed by atoms with Crippen LogP contribution in [-0.2, 0) is 9.59 Å². The number of carbonyl (C=O) groups excluding carboxylic acids is 1. The van der Waals surface area contributed by atoms with Crippen LogP contribution in [0.25, 0.3) is 0 Å². The van der Waals surface area contributed by atoms with E-state index in [4.69, 9.17) is 0 Å². The summed E-state index contributed by atoms with van der Waals surface area (Å²) in [6.07, 6.45) is 2.86. The minimum atomic E-state index is -0.987. The van der Waals surface area contributed by atoms with Gasteiger partial charge in [-0.3, -0.25) is 4.79 Å². The first kappa shape index (κ1) is 14.1. The summed E-state index contributed by atoms with van der Waals surface area (Å²) in [5.41, 5.74) is 1.54. The van der Waals surface area contributed by atoms with E-state index in [1.54, 1.807) is 17.4 Å². The number of carboxylic acid groups (broad SMARTS) is 1. The van der Waals surface area contributed by atoms with Crippen molar-refractivity contribution in [2.45, 2.75) is 32.6 Å². The van der Waals surface area contributed by atoms with Crippen LogP contribution in [0.2, 0.25) is 0 Å². The highest BCUT2D eigenvalue weighted by Gasteiger charge is 2.39. The van der Waals surface area contributed by atoms with Crippen LogP contribution in [0.15, 0.2) is 40.6 Å². The molecule has 0 unspecified atom stereocenters. The second-order valence-corrected chi connectivity index (χ2v) is 7.32. The van der Waals surface area contributed by atoms with Gasteiger partial charge in [0.15, 0.2) is 5.78 Å². The van der Waals surface area contributed by atoms with Crippen LogP contribution < -0.4 is 5.32 Å². The molecule has 0 amide bonds. The highest BCUT2D eigenvalue weighted by atomic mass is 32.1. The standard InChI is InChI=1S/C16H17NO3S/c1-16(2)7-11-14(12(18)8-16)9(13-4-3-5-21-13)6-10(17-11)15(19)20/h3-6,9,17H,7-8H2,1-2H3,(H,19,20)/t9-/m1/s1. The summed E-state index contributed by atoms with van der Waals surface area (Å²) >= 11 is 1.55. The van der Waals surface area contributed by atoms with E-state index in [0.29, 0.717) is 12.8 Å². The molecule has 0 saturated heterocycles. The molecule has 0 bridgehead atoms. The maximum atomic E-state index is 12.6. The lowest BCUT2D eigenvalue weighted by Gasteiger charge is -2.37. The Bertz CT molecular complexity index is 668. The molecule has 0 fully saturated rings. The largest absolute Gasteiger partial charge is 0.477 e. The van der Waals surface area contributed by atoms with Crippen LogP contribution in [0.1, 0.15) is 37.5 Å². The second kappa shape index (κ2) is 4.84. The third-order valence-electron chi connectivity index (χ3n) is 3.93. The van der Waals surface area contributed by atoms with Crippen molar-refractivity contribution in [3.05, 3.63) is 45.4 Å². The van der Waals surface area contributed by atoms with Crippen molar-refractivity contribution in [3.63, 3.8) is 0 Å². The topological polar surface area (TPSA) is 66.4 Å². The summed E-state index contributed by atoms with van der Waals surface area (Å²) in [6, 6.07) is 3.88. The number of rotatable bonds is 2. The number of hydrogen-bond donors (Lipinski definition) is 2. The second-order valence-electron chi connectivity index (χ2n) is 6.34. The van der Waals surface area contributed by atoms with Crippen LogP contribution in [-0.4, -0.2) is 16.9 Å². The molecule has 1 aromatic rings. The Balaban J connectivity index is 2.10. The number of carbonyl (C=O) groups is 2. The molecule has 3 rings (SSSR count). The van der Waals surface area contributed by atoms with Crippen molar-refractivity contribution in [2.75, 3.05) is 0 Å². The van der Waals surface area contributed by atoms with Gasteiger partial charge in [-0.05, 0) is 29.4 Å². The highest BCUT2D eigenvalue weighted by molar-refractivity contribution is 7.10. The number of dihydropyridines is 1. The molecule has 2 heterocycles. The Hall–Kier alpha value is -1.88. The molecule has 0 spiro atoms. The van der Waals surface area contributed by atoms with E-state index in [-0.39, 0.29) is 22.8 Å². The summed E-state index contributed by atoms with van der Waals surface area (Å²) in [6.45, 7) is 4.07. The first-order chi connectivity index (χ1) is 9.87. The minimum Gasteiger partial charge on any atom is -0.477 e. The average Bonchev–Trinajstić information content (AvgIpc) is 2.89. The van der Waals surface area contributed by atoms with Crippen LogP contribution in [0.3, 0.4) is 0 Å². The van der Waals surface area contributed by atoms with Gasteiger partial charge in [-0.25, -0.2) is 4.79 Å². The van der Waals surface area contributed by atoms with Gasteiger partial charge in [0.05, 0.1) is 0 Å². The SMILES string of the molecule is CC1(C)CC(=O)C2=C(C1)NC(C(=O)O)=C[C@@H]2c1cccs1. The third kappa shape index (κ3) is 2.53. The number of carboxylic acids is 1. The maximum Gasteiger partial charge on any atom is 0.351 e. The van der Waals surface area contributed by atoms with Gasteiger partial charge in [0.2, 0.25) is 0 Å². The van der Waals surface area contributed by atoms with E-state index in [9.17, 15) is 14.7 Å². The molecule has 5 heteroatoms.